The molecular formula is C18H20N2O2. The Bertz CT molecular complexity index is 643. The van der Waals surface area contributed by atoms with E-state index in [1.54, 1.807) is 12.4 Å². The zero-order valence-electron chi connectivity index (χ0n) is 12.7. The van der Waals surface area contributed by atoms with E-state index in [2.05, 4.69) is 4.98 Å². The van der Waals surface area contributed by atoms with Gasteiger partial charge in [-0.3, -0.25) is 9.78 Å². The molecule has 1 fully saturated rings. The molecule has 0 radical (unpaired) electrons. The molecular weight excluding hydrogens is 276 g/mol. The second-order valence-corrected chi connectivity index (χ2v) is 5.63. The summed E-state index contributed by atoms with van der Waals surface area (Å²) in [5.74, 6) is 0.909. The zero-order chi connectivity index (χ0) is 15.4. The number of hydrogen-bond donors (Lipinski definition) is 0. The van der Waals surface area contributed by atoms with E-state index < -0.39 is 0 Å². The minimum atomic E-state index is 0.0455. The Morgan fingerprint density at radius 3 is 2.77 bits per heavy atom. The van der Waals surface area contributed by atoms with Crippen LogP contribution < -0.4 is 4.74 Å². The number of hydrogen-bond acceptors (Lipinski definition) is 3. The number of carbonyl (C=O) groups excluding carboxylic acids is 1. The van der Waals surface area contributed by atoms with Crippen LogP contribution in [0, 0.1) is 6.92 Å². The number of ether oxygens (including phenoxy) is 1. The third-order valence-electron chi connectivity index (χ3n) is 3.99. The SMILES string of the molecule is Cc1ccccc1C(=O)N1CCCC(Oc2ccncc2)C1. The number of rotatable bonds is 3. The normalized spacial score (nSPS) is 18.0. The molecule has 0 bridgehead atoms. The molecule has 1 aromatic heterocycles. The standard InChI is InChI=1S/C18H20N2O2/c1-14-5-2-3-7-17(14)18(21)20-12-4-6-16(13-20)22-15-8-10-19-11-9-15/h2-3,5,7-11,16H,4,6,12-13H2,1H3. The van der Waals surface area contributed by atoms with Gasteiger partial charge in [0, 0.05) is 24.5 Å². The molecule has 0 spiro atoms. The summed E-state index contributed by atoms with van der Waals surface area (Å²) < 4.78 is 5.97. The second-order valence-electron chi connectivity index (χ2n) is 5.63. The fraction of sp³-hybridized carbons (Fsp3) is 0.333. The van der Waals surface area contributed by atoms with Crippen molar-refractivity contribution in [3.63, 3.8) is 0 Å². The first-order valence-corrected chi connectivity index (χ1v) is 7.65. The molecule has 4 heteroatoms. The topological polar surface area (TPSA) is 42.4 Å². The first-order valence-electron chi connectivity index (χ1n) is 7.65. The van der Waals surface area contributed by atoms with Crippen molar-refractivity contribution < 1.29 is 9.53 Å². The van der Waals surface area contributed by atoms with Crippen molar-refractivity contribution in [3.05, 3.63) is 59.9 Å². The monoisotopic (exact) mass is 296 g/mol. The van der Waals surface area contributed by atoms with Crippen LogP contribution in [0.3, 0.4) is 0 Å². The van der Waals surface area contributed by atoms with Gasteiger partial charge in [-0.05, 0) is 43.5 Å². The van der Waals surface area contributed by atoms with Crippen molar-refractivity contribution in [2.24, 2.45) is 0 Å². The average molecular weight is 296 g/mol. The Balaban J connectivity index is 1.68. The Hall–Kier alpha value is -2.36. The maximum absolute atomic E-state index is 12.7. The van der Waals surface area contributed by atoms with Crippen LogP contribution in [0.2, 0.25) is 0 Å². The number of amides is 1. The highest BCUT2D eigenvalue weighted by Gasteiger charge is 2.26. The van der Waals surface area contributed by atoms with Gasteiger partial charge >= 0.3 is 0 Å². The van der Waals surface area contributed by atoms with Crippen LogP contribution in [0.4, 0.5) is 0 Å². The lowest BCUT2D eigenvalue weighted by atomic mass is 10.0. The van der Waals surface area contributed by atoms with Crippen molar-refractivity contribution in [2.45, 2.75) is 25.9 Å². The van der Waals surface area contributed by atoms with Gasteiger partial charge in [0.1, 0.15) is 11.9 Å². The minimum Gasteiger partial charge on any atom is -0.488 e. The summed E-state index contributed by atoms with van der Waals surface area (Å²) in [7, 11) is 0. The molecule has 114 valence electrons. The number of nitrogens with zero attached hydrogens (tertiary/aromatic N) is 2. The molecule has 1 atom stereocenters. The van der Waals surface area contributed by atoms with Crippen LogP contribution in [0.5, 0.6) is 5.75 Å². The summed E-state index contributed by atoms with van der Waals surface area (Å²) in [5.41, 5.74) is 1.80. The van der Waals surface area contributed by atoms with Crippen molar-refractivity contribution >= 4 is 5.91 Å². The highest BCUT2D eigenvalue weighted by Crippen LogP contribution is 2.20. The number of carbonyl (C=O) groups is 1. The molecule has 1 aliphatic rings. The van der Waals surface area contributed by atoms with E-state index in [1.165, 1.54) is 0 Å². The second kappa shape index (κ2) is 6.60. The van der Waals surface area contributed by atoms with Gasteiger partial charge in [0.2, 0.25) is 0 Å². The number of benzene rings is 1. The molecule has 22 heavy (non-hydrogen) atoms. The highest BCUT2D eigenvalue weighted by atomic mass is 16.5. The van der Waals surface area contributed by atoms with Crippen LogP contribution >= 0.6 is 0 Å². The van der Waals surface area contributed by atoms with E-state index in [1.807, 2.05) is 48.2 Å². The van der Waals surface area contributed by atoms with Crippen LogP contribution in [0.25, 0.3) is 0 Å². The predicted molar refractivity (Wildman–Crippen MR) is 85.0 cm³/mol. The number of pyridine rings is 1. The molecule has 1 aromatic carbocycles. The van der Waals surface area contributed by atoms with E-state index >= 15 is 0 Å². The van der Waals surface area contributed by atoms with E-state index in [-0.39, 0.29) is 12.0 Å². The lowest BCUT2D eigenvalue weighted by Gasteiger charge is -2.33. The number of piperidine rings is 1. The summed E-state index contributed by atoms with van der Waals surface area (Å²) in [6.07, 6.45) is 5.42. The van der Waals surface area contributed by atoms with E-state index in [0.717, 1.165) is 36.3 Å². The predicted octanol–water partition coefficient (Wildman–Crippen LogP) is 3.07. The van der Waals surface area contributed by atoms with Crippen molar-refractivity contribution in [1.82, 2.24) is 9.88 Å². The molecule has 2 aromatic rings. The molecule has 1 saturated heterocycles. The van der Waals surface area contributed by atoms with Crippen LogP contribution in [0.15, 0.2) is 48.8 Å². The van der Waals surface area contributed by atoms with Crippen LogP contribution in [-0.4, -0.2) is 35.0 Å². The fourth-order valence-corrected chi connectivity index (χ4v) is 2.81. The summed E-state index contributed by atoms with van der Waals surface area (Å²) in [6, 6.07) is 11.4. The first-order chi connectivity index (χ1) is 10.7. The Labute approximate surface area is 130 Å². The summed E-state index contributed by atoms with van der Waals surface area (Å²) >= 11 is 0. The molecule has 1 aliphatic heterocycles. The largest absolute Gasteiger partial charge is 0.488 e. The van der Waals surface area contributed by atoms with Gasteiger partial charge in [-0.2, -0.15) is 0 Å². The molecule has 1 unspecified atom stereocenters. The fourth-order valence-electron chi connectivity index (χ4n) is 2.81. The van der Waals surface area contributed by atoms with Gasteiger partial charge in [0.15, 0.2) is 0 Å². The maximum Gasteiger partial charge on any atom is 0.254 e. The molecule has 0 aliphatic carbocycles. The van der Waals surface area contributed by atoms with Crippen LogP contribution in [-0.2, 0) is 0 Å². The lowest BCUT2D eigenvalue weighted by Crippen LogP contribution is -2.44. The average Bonchev–Trinajstić information content (AvgIpc) is 2.56. The Morgan fingerprint density at radius 1 is 1.23 bits per heavy atom. The Morgan fingerprint density at radius 2 is 2.00 bits per heavy atom. The smallest absolute Gasteiger partial charge is 0.254 e. The first kappa shape index (κ1) is 14.6. The number of likely N-dealkylation sites (tertiary alicyclic amines) is 1. The zero-order valence-corrected chi connectivity index (χ0v) is 12.7. The van der Waals surface area contributed by atoms with Gasteiger partial charge in [-0.15, -0.1) is 0 Å². The van der Waals surface area contributed by atoms with Gasteiger partial charge < -0.3 is 9.64 Å². The minimum absolute atomic E-state index is 0.0455. The lowest BCUT2D eigenvalue weighted by molar-refractivity contribution is 0.0537. The molecule has 4 nitrogen and oxygen atoms in total. The third kappa shape index (κ3) is 3.27. The highest BCUT2D eigenvalue weighted by molar-refractivity contribution is 5.95. The Kier molecular flexibility index (Phi) is 4.37. The van der Waals surface area contributed by atoms with E-state index in [4.69, 9.17) is 4.74 Å². The van der Waals surface area contributed by atoms with Gasteiger partial charge in [0.25, 0.3) is 5.91 Å². The molecule has 0 saturated carbocycles. The summed E-state index contributed by atoms with van der Waals surface area (Å²) in [5, 5.41) is 0. The summed E-state index contributed by atoms with van der Waals surface area (Å²) in [4.78, 5) is 18.6. The van der Waals surface area contributed by atoms with Crippen molar-refractivity contribution in [1.29, 1.82) is 0 Å². The molecule has 2 heterocycles. The van der Waals surface area contributed by atoms with Crippen molar-refractivity contribution in [2.75, 3.05) is 13.1 Å². The maximum atomic E-state index is 12.7. The van der Waals surface area contributed by atoms with Crippen LogP contribution in [0.1, 0.15) is 28.8 Å². The molecule has 1 amide bonds. The number of aryl methyl sites for hydroxylation is 1. The molecule has 0 N–H and O–H groups in total. The van der Waals surface area contributed by atoms with E-state index in [9.17, 15) is 4.79 Å². The third-order valence-corrected chi connectivity index (χ3v) is 3.99. The van der Waals surface area contributed by atoms with E-state index in [0.29, 0.717) is 6.54 Å². The van der Waals surface area contributed by atoms with Gasteiger partial charge in [0.05, 0.1) is 6.54 Å². The van der Waals surface area contributed by atoms with Gasteiger partial charge in [-0.25, -0.2) is 0 Å². The summed E-state index contributed by atoms with van der Waals surface area (Å²) in [6.45, 7) is 3.40. The molecule has 3 rings (SSSR count). The van der Waals surface area contributed by atoms with Crippen molar-refractivity contribution in [3.8, 4) is 5.75 Å². The number of aromatic nitrogens is 1. The van der Waals surface area contributed by atoms with Gasteiger partial charge in [-0.1, -0.05) is 18.2 Å². The quantitative estimate of drug-likeness (QED) is 0.874.